The Morgan fingerprint density at radius 1 is 1.00 bits per heavy atom. The molecular weight excluding hydrogens is 340 g/mol. The Hall–Kier alpha value is -2.98. The first-order valence-electron chi connectivity index (χ1n) is 8.42. The normalized spacial score (nSPS) is 10.8. The highest BCUT2D eigenvalue weighted by atomic mass is 32.1. The van der Waals surface area contributed by atoms with E-state index in [9.17, 15) is 4.79 Å². The van der Waals surface area contributed by atoms with Crippen molar-refractivity contribution in [3.8, 4) is 0 Å². The minimum absolute atomic E-state index is 0.251. The predicted octanol–water partition coefficient (Wildman–Crippen LogP) is 4.35. The van der Waals surface area contributed by atoms with Crippen molar-refractivity contribution < 1.29 is 4.79 Å². The third kappa shape index (κ3) is 4.77. The minimum atomic E-state index is -0.251. The van der Waals surface area contributed by atoms with Crippen molar-refractivity contribution in [1.82, 2.24) is 10.6 Å². The molecule has 0 spiro atoms. The minimum Gasteiger partial charge on any atom is -0.358 e. The first kappa shape index (κ1) is 17.8. The summed E-state index contributed by atoms with van der Waals surface area (Å²) in [4.78, 5) is 12.1. The molecule has 0 aromatic heterocycles. The van der Waals surface area contributed by atoms with E-state index >= 15 is 0 Å². The SMILES string of the molecule is Cc1ccc(CNC(=S)NC(=O)/C=C/c2cccc3ccccc23)cc1. The Bertz CT molecular complexity index is 956. The molecule has 3 nitrogen and oxygen atoms in total. The number of thiocarbonyl (C=S) groups is 1. The number of amides is 1. The van der Waals surface area contributed by atoms with Gasteiger partial charge in [0.15, 0.2) is 5.11 Å². The summed E-state index contributed by atoms with van der Waals surface area (Å²) in [6, 6.07) is 22.3. The molecule has 26 heavy (non-hydrogen) atoms. The Balaban J connectivity index is 1.56. The summed E-state index contributed by atoms with van der Waals surface area (Å²) in [6.07, 6.45) is 3.31. The van der Waals surface area contributed by atoms with Gasteiger partial charge in [-0.3, -0.25) is 10.1 Å². The Labute approximate surface area is 158 Å². The zero-order valence-corrected chi connectivity index (χ0v) is 15.3. The second-order valence-electron chi connectivity index (χ2n) is 6.06. The summed E-state index contributed by atoms with van der Waals surface area (Å²) in [5.41, 5.74) is 3.32. The first-order chi connectivity index (χ1) is 12.6. The fourth-order valence-corrected chi connectivity index (χ4v) is 2.82. The maximum absolute atomic E-state index is 12.1. The topological polar surface area (TPSA) is 41.1 Å². The zero-order chi connectivity index (χ0) is 18.4. The number of benzene rings is 3. The van der Waals surface area contributed by atoms with E-state index in [4.69, 9.17) is 12.2 Å². The number of hydrogen-bond donors (Lipinski definition) is 2. The third-order valence-electron chi connectivity index (χ3n) is 4.05. The molecule has 3 aromatic carbocycles. The van der Waals surface area contributed by atoms with Crippen LogP contribution >= 0.6 is 12.2 Å². The van der Waals surface area contributed by atoms with Gasteiger partial charge < -0.3 is 5.32 Å². The van der Waals surface area contributed by atoms with Crippen LogP contribution in [0.3, 0.4) is 0 Å². The van der Waals surface area contributed by atoms with Gasteiger partial charge in [-0.25, -0.2) is 0 Å². The summed E-state index contributed by atoms with van der Waals surface area (Å²) in [5.74, 6) is -0.251. The lowest BCUT2D eigenvalue weighted by Crippen LogP contribution is -2.37. The molecule has 0 unspecified atom stereocenters. The highest BCUT2D eigenvalue weighted by Gasteiger charge is 2.02. The van der Waals surface area contributed by atoms with E-state index in [1.807, 2.05) is 61.5 Å². The van der Waals surface area contributed by atoms with Crippen LogP contribution in [0.4, 0.5) is 0 Å². The average Bonchev–Trinajstić information content (AvgIpc) is 2.66. The van der Waals surface area contributed by atoms with Gasteiger partial charge in [0.25, 0.3) is 0 Å². The maximum atomic E-state index is 12.1. The summed E-state index contributed by atoms with van der Waals surface area (Å²) in [5, 5.41) is 8.29. The second-order valence-corrected chi connectivity index (χ2v) is 6.47. The number of aryl methyl sites for hydroxylation is 1. The summed E-state index contributed by atoms with van der Waals surface area (Å²) in [6.45, 7) is 2.62. The van der Waals surface area contributed by atoms with Crippen LogP contribution < -0.4 is 10.6 Å². The Morgan fingerprint density at radius 3 is 2.54 bits per heavy atom. The molecule has 130 valence electrons. The van der Waals surface area contributed by atoms with E-state index in [0.717, 1.165) is 21.9 Å². The van der Waals surface area contributed by atoms with E-state index in [1.54, 1.807) is 6.08 Å². The second kappa shape index (κ2) is 8.41. The van der Waals surface area contributed by atoms with Gasteiger partial charge >= 0.3 is 0 Å². The van der Waals surface area contributed by atoms with Crippen LogP contribution in [0.1, 0.15) is 16.7 Å². The monoisotopic (exact) mass is 360 g/mol. The molecular formula is C22H20N2OS. The van der Waals surface area contributed by atoms with Gasteiger partial charge in [0.05, 0.1) is 0 Å². The van der Waals surface area contributed by atoms with Crippen molar-refractivity contribution in [1.29, 1.82) is 0 Å². The number of carbonyl (C=O) groups is 1. The molecule has 4 heteroatoms. The van der Waals surface area contributed by atoms with Gasteiger partial charge in [0, 0.05) is 12.6 Å². The van der Waals surface area contributed by atoms with Crippen molar-refractivity contribution in [3.05, 3.63) is 89.5 Å². The van der Waals surface area contributed by atoms with Gasteiger partial charge in [0.1, 0.15) is 0 Å². The van der Waals surface area contributed by atoms with Gasteiger partial charge in [-0.15, -0.1) is 0 Å². The first-order valence-corrected chi connectivity index (χ1v) is 8.83. The lowest BCUT2D eigenvalue weighted by molar-refractivity contribution is -0.115. The van der Waals surface area contributed by atoms with Crippen LogP contribution in [0.15, 0.2) is 72.8 Å². The van der Waals surface area contributed by atoms with Gasteiger partial charge in [-0.1, -0.05) is 72.3 Å². The molecule has 3 aromatic rings. The zero-order valence-electron chi connectivity index (χ0n) is 14.5. The number of hydrogen-bond acceptors (Lipinski definition) is 2. The van der Waals surface area contributed by atoms with Gasteiger partial charge in [-0.2, -0.15) is 0 Å². The van der Waals surface area contributed by atoms with Crippen molar-refractivity contribution >= 4 is 40.1 Å². The highest BCUT2D eigenvalue weighted by Crippen LogP contribution is 2.19. The number of carbonyl (C=O) groups excluding carboxylic acids is 1. The Morgan fingerprint density at radius 2 is 1.73 bits per heavy atom. The van der Waals surface area contributed by atoms with E-state index < -0.39 is 0 Å². The Kier molecular flexibility index (Phi) is 5.77. The van der Waals surface area contributed by atoms with E-state index in [0.29, 0.717) is 11.7 Å². The molecule has 0 aliphatic carbocycles. The van der Waals surface area contributed by atoms with Crippen molar-refractivity contribution in [3.63, 3.8) is 0 Å². The standard InChI is InChI=1S/C22H20N2OS/c1-16-9-11-17(12-10-16)15-23-22(26)24-21(25)14-13-19-7-4-6-18-5-2-3-8-20(18)19/h2-14H,15H2,1H3,(H2,23,24,25,26)/b14-13+. The van der Waals surface area contributed by atoms with Crippen LogP contribution in [0.2, 0.25) is 0 Å². The fraction of sp³-hybridized carbons (Fsp3) is 0.0909. The van der Waals surface area contributed by atoms with Crippen LogP contribution in [-0.4, -0.2) is 11.0 Å². The smallest absolute Gasteiger partial charge is 0.250 e. The fourth-order valence-electron chi connectivity index (χ4n) is 2.65. The summed E-state index contributed by atoms with van der Waals surface area (Å²) >= 11 is 5.19. The number of fused-ring (bicyclic) bond motifs is 1. The highest BCUT2D eigenvalue weighted by molar-refractivity contribution is 7.80. The molecule has 1 amide bonds. The number of nitrogens with one attached hydrogen (secondary N) is 2. The molecule has 0 aliphatic rings. The maximum Gasteiger partial charge on any atom is 0.250 e. The molecule has 0 saturated heterocycles. The van der Waals surface area contributed by atoms with E-state index in [2.05, 4.69) is 22.8 Å². The molecule has 0 saturated carbocycles. The summed E-state index contributed by atoms with van der Waals surface area (Å²) in [7, 11) is 0. The van der Waals surface area contributed by atoms with E-state index in [-0.39, 0.29) is 5.91 Å². The molecule has 3 rings (SSSR count). The van der Waals surface area contributed by atoms with E-state index in [1.165, 1.54) is 11.6 Å². The molecule has 0 fully saturated rings. The van der Waals surface area contributed by atoms with Gasteiger partial charge in [0.2, 0.25) is 5.91 Å². The predicted molar refractivity (Wildman–Crippen MR) is 112 cm³/mol. The van der Waals surface area contributed by atoms with Gasteiger partial charge in [-0.05, 0) is 47.1 Å². The molecule has 2 N–H and O–H groups in total. The molecule has 0 bridgehead atoms. The molecule has 0 heterocycles. The van der Waals surface area contributed by atoms with Crippen molar-refractivity contribution in [2.45, 2.75) is 13.5 Å². The molecule has 0 radical (unpaired) electrons. The van der Waals surface area contributed by atoms with Crippen LogP contribution in [-0.2, 0) is 11.3 Å². The lowest BCUT2D eigenvalue weighted by Gasteiger charge is -2.08. The lowest BCUT2D eigenvalue weighted by atomic mass is 10.0. The van der Waals surface area contributed by atoms with Crippen molar-refractivity contribution in [2.75, 3.05) is 0 Å². The largest absolute Gasteiger partial charge is 0.358 e. The van der Waals surface area contributed by atoms with Crippen LogP contribution in [0.25, 0.3) is 16.8 Å². The van der Waals surface area contributed by atoms with Crippen molar-refractivity contribution in [2.24, 2.45) is 0 Å². The molecule has 0 atom stereocenters. The summed E-state index contributed by atoms with van der Waals surface area (Å²) < 4.78 is 0. The average molecular weight is 360 g/mol. The molecule has 0 aliphatic heterocycles. The van der Waals surface area contributed by atoms with Crippen LogP contribution in [0, 0.1) is 6.92 Å². The quantitative estimate of drug-likeness (QED) is 0.537. The number of rotatable bonds is 4. The third-order valence-corrected chi connectivity index (χ3v) is 4.29. The van der Waals surface area contributed by atoms with Crippen LogP contribution in [0.5, 0.6) is 0 Å².